The highest BCUT2D eigenvalue weighted by Gasteiger charge is 2.18. The molecule has 0 aliphatic rings. The Balaban J connectivity index is 0.00000441. The maximum atomic E-state index is 11.7. The van der Waals surface area contributed by atoms with Crippen LogP contribution in [0.1, 0.15) is 32.3 Å². The summed E-state index contributed by atoms with van der Waals surface area (Å²) < 4.78 is 5.57. The molecule has 0 fully saturated rings. The van der Waals surface area contributed by atoms with Crippen LogP contribution in [0.3, 0.4) is 0 Å². The van der Waals surface area contributed by atoms with Gasteiger partial charge in [-0.15, -0.1) is 12.4 Å². The number of hydrogen-bond acceptors (Lipinski definition) is 3. The lowest BCUT2D eigenvalue weighted by atomic mass is 9.99. The van der Waals surface area contributed by atoms with Crippen LogP contribution < -0.4 is 11.1 Å². The molecule has 0 spiro atoms. The molecular weight excluding hydrogens is 300 g/mol. The van der Waals surface area contributed by atoms with Gasteiger partial charge >= 0.3 is 0 Å². The molecule has 0 bridgehead atoms. The molecule has 1 rings (SSSR count). The number of nitrogens with one attached hydrogen (secondary N) is 1. The molecular formula is C17H29ClN2O2. The first-order valence-corrected chi connectivity index (χ1v) is 7.80. The number of amides is 1. The minimum Gasteiger partial charge on any atom is -0.381 e. The van der Waals surface area contributed by atoms with Gasteiger partial charge in [-0.05, 0) is 24.3 Å². The van der Waals surface area contributed by atoms with E-state index in [0.717, 1.165) is 19.3 Å². The summed E-state index contributed by atoms with van der Waals surface area (Å²) in [6.45, 7) is 6.03. The minimum atomic E-state index is -0.408. The molecule has 4 nitrogen and oxygen atoms in total. The summed E-state index contributed by atoms with van der Waals surface area (Å²) in [5.41, 5.74) is 7.14. The van der Waals surface area contributed by atoms with E-state index in [1.165, 1.54) is 5.56 Å². The summed E-state index contributed by atoms with van der Waals surface area (Å²) in [4.78, 5) is 11.7. The standard InChI is InChI=1S/C17H28N2O2.ClH/c1-3-14(2)16(18)17(20)19-11-7-12-21-13-10-15-8-5-4-6-9-15;/h4-6,8-9,14,16H,3,7,10-13,18H2,1-2H3,(H,19,20);1H. The Kier molecular flexibility index (Phi) is 11.8. The Morgan fingerprint density at radius 1 is 1.27 bits per heavy atom. The number of nitrogens with two attached hydrogens (primary N) is 1. The zero-order valence-electron chi connectivity index (χ0n) is 13.6. The third-order valence-corrected chi connectivity index (χ3v) is 3.70. The first-order chi connectivity index (χ1) is 10.1. The third-order valence-electron chi connectivity index (χ3n) is 3.70. The Bertz CT molecular complexity index is 401. The monoisotopic (exact) mass is 328 g/mol. The van der Waals surface area contributed by atoms with Gasteiger partial charge in [-0.25, -0.2) is 0 Å². The van der Waals surface area contributed by atoms with Crippen LogP contribution in [0, 0.1) is 5.92 Å². The number of benzene rings is 1. The van der Waals surface area contributed by atoms with Crippen molar-refractivity contribution >= 4 is 18.3 Å². The summed E-state index contributed by atoms with van der Waals surface area (Å²) >= 11 is 0. The quantitative estimate of drug-likeness (QED) is 0.649. The lowest BCUT2D eigenvalue weighted by Gasteiger charge is -2.17. The van der Waals surface area contributed by atoms with Crippen LogP contribution in [0.5, 0.6) is 0 Å². The van der Waals surface area contributed by atoms with E-state index in [1.807, 2.05) is 32.0 Å². The summed E-state index contributed by atoms with van der Waals surface area (Å²) in [5, 5.41) is 2.86. The van der Waals surface area contributed by atoms with Crippen molar-refractivity contribution in [2.24, 2.45) is 11.7 Å². The zero-order valence-corrected chi connectivity index (χ0v) is 14.4. The van der Waals surface area contributed by atoms with Gasteiger partial charge in [-0.2, -0.15) is 0 Å². The van der Waals surface area contributed by atoms with Crippen molar-refractivity contribution in [3.8, 4) is 0 Å². The van der Waals surface area contributed by atoms with Crippen molar-refractivity contribution in [1.29, 1.82) is 0 Å². The first-order valence-electron chi connectivity index (χ1n) is 7.80. The van der Waals surface area contributed by atoms with E-state index in [-0.39, 0.29) is 24.2 Å². The molecule has 0 radical (unpaired) electrons. The van der Waals surface area contributed by atoms with Gasteiger partial charge < -0.3 is 15.8 Å². The number of hydrogen-bond donors (Lipinski definition) is 2. The van der Waals surface area contributed by atoms with Crippen molar-refractivity contribution in [1.82, 2.24) is 5.32 Å². The number of halogens is 1. The summed E-state index contributed by atoms with van der Waals surface area (Å²) in [6, 6.07) is 9.86. The van der Waals surface area contributed by atoms with Gasteiger partial charge in [0.05, 0.1) is 12.6 Å². The lowest BCUT2D eigenvalue weighted by molar-refractivity contribution is -0.123. The highest BCUT2D eigenvalue weighted by Crippen LogP contribution is 2.05. The van der Waals surface area contributed by atoms with Gasteiger partial charge in [0, 0.05) is 13.2 Å². The summed E-state index contributed by atoms with van der Waals surface area (Å²) in [5.74, 6) is 0.153. The van der Waals surface area contributed by atoms with Crippen LogP contribution in [0.2, 0.25) is 0 Å². The van der Waals surface area contributed by atoms with Gasteiger partial charge in [0.25, 0.3) is 0 Å². The minimum absolute atomic E-state index is 0. The smallest absolute Gasteiger partial charge is 0.237 e. The van der Waals surface area contributed by atoms with Gasteiger partial charge in [0.1, 0.15) is 0 Å². The fraction of sp³-hybridized carbons (Fsp3) is 0.588. The average Bonchev–Trinajstić information content (AvgIpc) is 2.53. The molecule has 0 aliphatic heterocycles. The van der Waals surface area contributed by atoms with Gasteiger partial charge in [0.15, 0.2) is 0 Å². The molecule has 0 saturated carbocycles. The SMILES string of the molecule is CCC(C)C(N)C(=O)NCCCOCCc1ccccc1.Cl. The molecule has 1 amide bonds. The first kappa shape index (κ1) is 20.9. The van der Waals surface area contributed by atoms with Crippen LogP contribution in [-0.2, 0) is 16.0 Å². The predicted octanol–water partition coefficient (Wildman–Crippen LogP) is 2.55. The molecule has 0 saturated heterocycles. The molecule has 2 atom stereocenters. The zero-order chi connectivity index (χ0) is 15.5. The van der Waals surface area contributed by atoms with Crippen molar-refractivity contribution < 1.29 is 9.53 Å². The third kappa shape index (κ3) is 8.37. The molecule has 0 aliphatic carbocycles. The maximum absolute atomic E-state index is 11.7. The van der Waals surface area contributed by atoms with E-state index in [9.17, 15) is 4.79 Å². The van der Waals surface area contributed by atoms with Gasteiger partial charge in [-0.1, -0.05) is 50.6 Å². The normalized spacial score (nSPS) is 13.0. The molecule has 2 unspecified atom stereocenters. The number of carbonyl (C=O) groups is 1. The fourth-order valence-electron chi connectivity index (χ4n) is 1.95. The molecule has 3 N–H and O–H groups in total. The van der Waals surface area contributed by atoms with E-state index < -0.39 is 6.04 Å². The van der Waals surface area contributed by atoms with Crippen LogP contribution in [0.25, 0.3) is 0 Å². The van der Waals surface area contributed by atoms with Crippen LogP contribution >= 0.6 is 12.4 Å². The molecule has 1 aromatic carbocycles. The molecule has 0 aromatic heterocycles. The highest BCUT2D eigenvalue weighted by atomic mass is 35.5. The number of carbonyl (C=O) groups excluding carboxylic acids is 1. The predicted molar refractivity (Wildman–Crippen MR) is 93.3 cm³/mol. The second-order valence-electron chi connectivity index (χ2n) is 5.40. The van der Waals surface area contributed by atoms with Crippen molar-refractivity contribution in [2.75, 3.05) is 19.8 Å². The van der Waals surface area contributed by atoms with Crippen molar-refractivity contribution in [2.45, 2.75) is 39.2 Å². The van der Waals surface area contributed by atoms with E-state index in [4.69, 9.17) is 10.5 Å². The van der Waals surface area contributed by atoms with E-state index in [0.29, 0.717) is 19.8 Å². The van der Waals surface area contributed by atoms with Crippen LogP contribution in [-0.4, -0.2) is 31.7 Å². The second-order valence-corrected chi connectivity index (χ2v) is 5.40. The number of rotatable bonds is 10. The van der Waals surface area contributed by atoms with E-state index >= 15 is 0 Å². The summed E-state index contributed by atoms with van der Waals surface area (Å²) in [7, 11) is 0. The molecule has 0 heterocycles. The lowest BCUT2D eigenvalue weighted by Crippen LogP contribution is -2.45. The van der Waals surface area contributed by atoms with Gasteiger partial charge in [0.2, 0.25) is 5.91 Å². The van der Waals surface area contributed by atoms with Crippen molar-refractivity contribution in [3.63, 3.8) is 0 Å². The Morgan fingerprint density at radius 3 is 2.59 bits per heavy atom. The van der Waals surface area contributed by atoms with Crippen molar-refractivity contribution in [3.05, 3.63) is 35.9 Å². The Labute approximate surface area is 140 Å². The maximum Gasteiger partial charge on any atom is 0.237 e. The second kappa shape index (κ2) is 12.4. The van der Waals surface area contributed by atoms with Crippen LogP contribution in [0.4, 0.5) is 0 Å². The average molecular weight is 329 g/mol. The summed E-state index contributed by atoms with van der Waals surface area (Å²) in [6.07, 6.45) is 2.65. The fourth-order valence-corrected chi connectivity index (χ4v) is 1.95. The topological polar surface area (TPSA) is 64.4 Å². The Morgan fingerprint density at radius 2 is 1.95 bits per heavy atom. The highest BCUT2D eigenvalue weighted by molar-refractivity contribution is 5.85. The largest absolute Gasteiger partial charge is 0.381 e. The molecule has 5 heteroatoms. The van der Waals surface area contributed by atoms with Crippen LogP contribution in [0.15, 0.2) is 30.3 Å². The molecule has 1 aromatic rings. The molecule has 126 valence electrons. The molecule has 22 heavy (non-hydrogen) atoms. The van der Waals surface area contributed by atoms with Gasteiger partial charge in [-0.3, -0.25) is 4.79 Å². The Hall–Kier alpha value is -1.10. The van der Waals surface area contributed by atoms with E-state index in [2.05, 4.69) is 17.4 Å². The number of ether oxygens (including phenoxy) is 1. The van der Waals surface area contributed by atoms with E-state index in [1.54, 1.807) is 0 Å².